The van der Waals surface area contributed by atoms with Crippen LogP contribution < -0.4 is 30.4 Å². The lowest BCUT2D eigenvalue weighted by Gasteiger charge is -2.42. The van der Waals surface area contributed by atoms with E-state index in [4.69, 9.17) is 4.74 Å². The minimum Gasteiger partial charge on any atom is -0.492 e. The molecule has 0 saturated carbocycles. The van der Waals surface area contributed by atoms with Crippen molar-refractivity contribution >= 4 is 43.1 Å². The topological polar surface area (TPSA) is 12.5 Å². The molecule has 0 atom stereocenters. The third kappa shape index (κ3) is 5.68. The monoisotopic (exact) mass is 533 g/mol. The molecule has 0 unspecified atom stereocenters. The van der Waals surface area contributed by atoms with Crippen molar-refractivity contribution in [3.05, 3.63) is 145 Å². The van der Waals surface area contributed by atoms with Gasteiger partial charge in [-0.3, -0.25) is 0 Å². The lowest BCUT2D eigenvalue weighted by Crippen LogP contribution is -2.32. The Kier molecular flexibility index (Phi) is 8.54. The first-order chi connectivity index (χ1) is 18.7. The van der Waals surface area contributed by atoms with Crippen molar-refractivity contribution in [2.24, 2.45) is 0 Å². The number of nitrogens with zero attached hydrogens (tertiary/aromatic N) is 1. The lowest BCUT2D eigenvalue weighted by molar-refractivity contribution is 0.341. The molecule has 0 saturated heterocycles. The van der Waals surface area contributed by atoms with E-state index in [0.29, 0.717) is 6.61 Å². The Labute approximate surface area is 229 Å². The molecule has 5 aromatic rings. The molecule has 2 nitrogen and oxygen atoms in total. The van der Waals surface area contributed by atoms with Gasteiger partial charge in [-0.05, 0) is 38.0 Å². The molecular formula is C34H33NOP2. The van der Waals surface area contributed by atoms with E-state index >= 15 is 0 Å². The normalized spacial score (nSPS) is 11.1. The summed E-state index contributed by atoms with van der Waals surface area (Å²) in [5.74, 6) is 0.948. The first-order valence-electron chi connectivity index (χ1n) is 13.0. The number of rotatable bonds is 9. The van der Waals surface area contributed by atoms with E-state index in [1.54, 1.807) is 0 Å². The van der Waals surface area contributed by atoms with Crippen LogP contribution in [0.1, 0.15) is 18.1 Å². The first-order valence-corrected chi connectivity index (χ1v) is 15.6. The molecule has 0 aliphatic rings. The van der Waals surface area contributed by atoms with E-state index in [1.165, 1.54) is 38.0 Å². The van der Waals surface area contributed by atoms with Gasteiger partial charge in [0.05, 0.1) is 28.4 Å². The number of anilines is 1. The van der Waals surface area contributed by atoms with Gasteiger partial charge in [0.1, 0.15) is 5.75 Å². The summed E-state index contributed by atoms with van der Waals surface area (Å²) in [6, 6.07) is 48.4. The largest absolute Gasteiger partial charge is 0.492 e. The Balaban J connectivity index is 1.88. The summed E-state index contributed by atoms with van der Waals surface area (Å²) in [7, 11) is -1.90. The molecule has 0 spiro atoms. The highest BCUT2D eigenvalue weighted by molar-refractivity contribution is 7.90. The second kappa shape index (κ2) is 12.4. The van der Waals surface area contributed by atoms with Crippen molar-refractivity contribution < 1.29 is 4.74 Å². The Morgan fingerprint density at radius 1 is 0.553 bits per heavy atom. The van der Waals surface area contributed by atoms with Crippen LogP contribution in [0.3, 0.4) is 0 Å². The number of ether oxygens (including phenoxy) is 1. The van der Waals surface area contributed by atoms with E-state index in [0.717, 1.165) is 5.75 Å². The van der Waals surface area contributed by atoms with E-state index in [9.17, 15) is 0 Å². The molecule has 0 aromatic heterocycles. The SMILES string of the molecule is CCOc1cc(C)cc(C)c1N(P(c1ccccc1)c1ccccc1)P(c1ccccc1)c1ccccc1. The molecule has 0 amide bonds. The average molecular weight is 534 g/mol. The van der Waals surface area contributed by atoms with Crippen molar-refractivity contribution in [2.75, 3.05) is 11.0 Å². The fourth-order valence-corrected chi connectivity index (χ4v) is 10.9. The second-order valence-electron chi connectivity index (χ2n) is 9.12. The second-order valence-corrected chi connectivity index (χ2v) is 13.5. The van der Waals surface area contributed by atoms with Gasteiger partial charge >= 0.3 is 0 Å². The van der Waals surface area contributed by atoms with E-state index in [-0.39, 0.29) is 0 Å². The third-order valence-corrected chi connectivity index (χ3v) is 11.7. The van der Waals surface area contributed by atoms with Crippen LogP contribution in [0.2, 0.25) is 0 Å². The summed E-state index contributed by atoms with van der Waals surface area (Å²) in [5, 5.41) is 5.26. The summed E-state index contributed by atoms with van der Waals surface area (Å²) in [6.07, 6.45) is 0. The van der Waals surface area contributed by atoms with Gasteiger partial charge in [0.25, 0.3) is 0 Å². The maximum atomic E-state index is 6.40. The van der Waals surface area contributed by atoms with Gasteiger partial charge in [-0.1, -0.05) is 127 Å². The Bertz CT molecular complexity index is 1280. The standard InChI is InChI=1S/C34H33NOP2/c1-4-36-33-26-27(2)25-28(3)34(33)35(37(29-17-9-5-10-18-29)30-19-11-6-12-20-30)38(31-21-13-7-14-22-31)32-23-15-8-16-24-32/h5-26H,4H2,1-3H3. The maximum absolute atomic E-state index is 6.40. The first kappa shape index (κ1) is 26.2. The van der Waals surface area contributed by atoms with Crippen molar-refractivity contribution in [1.29, 1.82) is 0 Å². The van der Waals surface area contributed by atoms with Crippen LogP contribution >= 0.6 is 16.1 Å². The van der Waals surface area contributed by atoms with Gasteiger partial charge in [0.2, 0.25) is 0 Å². The molecule has 0 bridgehead atoms. The molecular weight excluding hydrogens is 500 g/mol. The minimum absolute atomic E-state index is 0.618. The van der Waals surface area contributed by atoms with Gasteiger partial charge < -0.3 is 9.18 Å². The molecule has 0 radical (unpaired) electrons. The summed E-state index contributed by atoms with van der Waals surface area (Å²) in [4.78, 5) is 0. The van der Waals surface area contributed by atoms with Gasteiger partial charge in [-0.15, -0.1) is 0 Å². The molecule has 0 heterocycles. The molecule has 0 aliphatic heterocycles. The van der Waals surface area contributed by atoms with Crippen LogP contribution in [0.4, 0.5) is 5.69 Å². The average Bonchev–Trinajstić information content (AvgIpc) is 2.95. The summed E-state index contributed by atoms with van der Waals surface area (Å²) < 4.78 is 9.11. The van der Waals surface area contributed by atoms with Crippen LogP contribution in [0.25, 0.3) is 0 Å². The zero-order chi connectivity index (χ0) is 26.3. The van der Waals surface area contributed by atoms with Crippen LogP contribution in [0, 0.1) is 13.8 Å². The molecule has 190 valence electrons. The Morgan fingerprint density at radius 2 is 0.921 bits per heavy atom. The number of benzene rings is 5. The quantitative estimate of drug-likeness (QED) is 0.181. The van der Waals surface area contributed by atoms with Gasteiger partial charge in [0, 0.05) is 21.2 Å². The number of aryl methyl sites for hydroxylation is 2. The van der Waals surface area contributed by atoms with Crippen molar-refractivity contribution in [1.82, 2.24) is 0 Å². The number of hydrogen-bond acceptors (Lipinski definition) is 2. The number of hydrogen-bond donors (Lipinski definition) is 0. The van der Waals surface area contributed by atoms with Crippen LogP contribution in [0.15, 0.2) is 133 Å². The minimum atomic E-state index is -0.948. The fourth-order valence-electron chi connectivity index (χ4n) is 4.74. The zero-order valence-corrected chi connectivity index (χ0v) is 23.9. The highest BCUT2D eigenvalue weighted by Gasteiger charge is 2.35. The van der Waals surface area contributed by atoms with Crippen molar-refractivity contribution in [3.8, 4) is 5.75 Å². The van der Waals surface area contributed by atoms with Crippen LogP contribution in [-0.4, -0.2) is 6.61 Å². The van der Waals surface area contributed by atoms with Crippen molar-refractivity contribution in [2.45, 2.75) is 20.8 Å². The summed E-state index contributed by atoms with van der Waals surface area (Å²) >= 11 is 0. The van der Waals surface area contributed by atoms with E-state index in [2.05, 4.69) is 159 Å². The van der Waals surface area contributed by atoms with Crippen molar-refractivity contribution in [3.63, 3.8) is 0 Å². The van der Waals surface area contributed by atoms with Crippen LogP contribution in [0.5, 0.6) is 5.75 Å². The van der Waals surface area contributed by atoms with Gasteiger partial charge in [0.15, 0.2) is 0 Å². The summed E-state index contributed by atoms with van der Waals surface area (Å²) in [5.41, 5.74) is 3.62. The predicted molar refractivity (Wildman–Crippen MR) is 168 cm³/mol. The smallest absolute Gasteiger partial charge is 0.143 e. The Morgan fingerprint density at radius 3 is 1.26 bits per heavy atom. The van der Waals surface area contributed by atoms with Crippen LogP contribution in [-0.2, 0) is 0 Å². The molecule has 4 heteroatoms. The van der Waals surface area contributed by atoms with E-state index < -0.39 is 16.1 Å². The summed E-state index contributed by atoms with van der Waals surface area (Å²) in [6.45, 7) is 7.07. The lowest BCUT2D eigenvalue weighted by atomic mass is 10.1. The van der Waals surface area contributed by atoms with Gasteiger partial charge in [-0.2, -0.15) is 0 Å². The van der Waals surface area contributed by atoms with Gasteiger partial charge in [-0.25, -0.2) is 0 Å². The highest BCUT2D eigenvalue weighted by atomic mass is 31.2. The fraction of sp³-hybridized carbons (Fsp3) is 0.118. The molecule has 5 rings (SSSR count). The zero-order valence-electron chi connectivity index (χ0n) is 22.2. The molecule has 0 N–H and O–H groups in total. The third-order valence-electron chi connectivity index (χ3n) is 6.29. The predicted octanol–water partition coefficient (Wildman–Crippen LogP) is 7.60. The molecule has 5 aromatic carbocycles. The molecule has 38 heavy (non-hydrogen) atoms. The molecule has 0 fully saturated rings. The maximum Gasteiger partial charge on any atom is 0.143 e. The molecule has 0 aliphatic carbocycles. The van der Waals surface area contributed by atoms with E-state index in [1.807, 2.05) is 0 Å². The highest BCUT2D eigenvalue weighted by Crippen LogP contribution is 2.60. The Hall–Kier alpha value is -3.44.